The van der Waals surface area contributed by atoms with E-state index in [1.807, 2.05) is 18.9 Å². The molecule has 1 aromatic rings. The van der Waals surface area contributed by atoms with Gasteiger partial charge in [-0.2, -0.15) is 0 Å². The van der Waals surface area contributed by atoms with Crippen LogP contribution in [-0.4, -0.2) is 70.1 Å². The Morgan fingerprint density at radius 3 is 2.67 bits per heavy atom. The third-order valence-corrected chi connectivity index (χ3v) is 4.57. The number of likely N-dealkylation sites (N-methyl/N-ethyl adjacent to an activating group) is 1. The van der Waals surface area contributed by atoms with Gasteiger partial charge in [0, 0.05) is 46.8 Å². The minimum absolute atomic E-state index is 0. The molecule has 0 atom stereocenters. The molecule has 6 nitrogen and oxygen atoms in total. The Morgan fingerprint density at radius 1 is 1.33 bits per heavy atom. The molecule has 154 valence electrons. The maximum Gasteiger partial charge on any atom is 0.193 e. The van der Waals surface area contributed by atoms with Gasteiger partial charge in [-0.15, -0.1) is 24.0 Å². The summed E-state index contributed by atoms with van der Waals surface area (Å²) < 4.78 is 30.3. The van der Waals surface area contributed by atoms with Gasteiger partial charge in [0.15, 0.2) is 17.5 Å². The van der Waals surface area contributed by atoms with Crippen molar-refractivity contribution in [3.8, 4) is 5.75 Å². The Bertz CT molecular complexity index is 583. The van der Waals surface area contributed by atoms with Crippen LogP contribution in [0.3, 0.4) is 0 Å². The van der Waals surface area contributed by atoms with Gasteiger partial charge in [0.2, 0.25) is 0 Å². The topological polar surface area (TPSA) is 55.3 Å². The van der Waals surface area contributed by atoms with E-state index in [0.29, 0.717) is 32.9 Å². The number of ether oxygens (including phenoxy) is 3. The second kappa shape index (κ2) is 12.4. The highest BCUT2D eigenvalue weighted by Crippen LogP contribution is 2.24. The molecular weight excluding hydrogens is 464 g/mol. The number of hydrogen-bond acceptors (Lipinski definition) is 4. The van der Waals surface area contributed by atoms with Crippen molar-refractivity contribution < 1.29 is 18.6 Å². The zero-order valence-electron chi connectivity index (χ0n) is 16.4. The van der Waals surface area contributed by atoms with E-state index in [0.717, 1.165) is 25.3 Å². The summed E-state index contributed by atoms with van der Waals surface area (Å²) in [7, 11) is 3.68. The smallest absolute Gasteiger partial charge is 0.193 e. The number of aliphatic imine (C=N–C) groups is 1. The molecule has 2 rings (SSSR count). The first-order chi connectivity index (χ1) is 12.6. The summed E-state index contributed by atoms with van der Waals surface area (Å²) in [6.45, 7) is 5.72. The zero-order chi connectivity index (χ0) is 18.8. The van der Waals surface area contributed by atoms with Crippen LogP contribution in [0.5, 0.6) is 5.75 Å². The monoisotopic (exact) mass is 495 g/mol. The first-order valence-electron chi connectivity index (χ1n) is 9.10. The first-order valence-corrected chi connectivity index (χ1v) is 9.10. The van der Waals surface area contributed by atoms with Gasteiger partial charge < -0.3 is 24.4 Å². The highest BCUT2D eigenvalue weighted by Gasteiger charge is 2.32. The minimum Gasteiger partial charge on any atom is -0.489 e. The standard InChI is InChI=1S/C19H30FN3O3.HI/c1-4-21-18(22-15-19(24-3)9-12-25-13-10-19)23(2)11-14-26-17-8-6-5-7-16(17)20;/h5-8H,4,9-15H2,1-3H3,(H,21,22);1H. The molecule has 0 saturated carbocycles. The Balaban J connectivity index is 0.00000364. The number of para-hydroxylation sites is 1. The van der Waals surface area contributed by atoms with E-state index >= 15 is 0 Å². The number of guanidine groups is 1. The molecule has 1 aromatic carbocycles. The molecule has 27 heavy (non-hydrogen) atoms. The van der Waals surface area contributed by atoms with Crippen LogP contribution in [0, 0.1) is 5.82 Å². The summed E-state index contributed by atoms with van der Waals surface area (Å²) in [6, 6.07) is 6.42. The fourth-order valence-electron chi connectivity index (χ4n) is 2.82. The predicted octanol–water partition coefficient (Wildman–Crippen LogP) is 2.92. The summed E-state index contributed by atoms with van der Waals surface area (Å²) in [5.41, 5.74) is -0.260. The van der Waals surface area contributed by atoms with Crippen molar-refractivity contribution in [3.63, 3.8) is 0 Å². The highest BCUT2D eigenvalue weighted by atomic mass is 127. The Hall–Kier alpha value is -1.13. The lowest BCUT2D eigenvalue weighted by Crippen LogP contribution is -2.45. The largest absolute Gasteiger partial charge is 0.489 e. The van der Waals surface area contributed by atoms with E-state index in [9.17, 15) is 4.39 Å². The fraction of sp³-hybridized carbons (Fsp3) is 0.632. The molecule has 8 heteroatoms. The van der Waals surface area contributed by atoms with Crippen LogP contribution in [0.4, 0.5) is 4.39 Å². The molecule has 0 aliphatic carbocycles. The molecule has 0 amide bonds. The summed E-state index contributed by atoms with van der Waals surface area (Å²) in [5, 5.41) is 3.28. The van der Waals surface area contributed by atoms with E-state index in [1.165, 1.54) is 6.07 Å². The maximum absolute atomic E-state index is 13.6. The Kier molecular flexibility index (Phi) is 10.9. The van der Waals surface area contributed by atoms with E-state index < -0.39 is 0 Å². The highest BCUT2D eigenvalue weighted by molar-refractivity contribution is 14.0. The first kappa shape index (κ1) is 23.9. The number of nitrogens with one attached hydrogen (secondary N) is 1. The molecule has 0 radical (unpaired) electrons. The summed E-state index contributed by atoms with van der Waals surface area (Å²) in [4.78, 5) is 6.72. The molecule has 1 fully saturated rings. The summed E-state index contributed by atoms with van der Waals surface area (Å²) in [5.74, 6) is 0.702. The quantitative estimate of drug-likeness (QED) is 0.342. The normalized spacial score (nSPS) is 16.4. The predicted molar refractivity (Wildman–Crippen MR) is 116 cm³/mol. The Morgan fingerprint density at radius 2 is 2.04 bits per heavy atom. The molecule has 0 spiro atoms. The molecule has 1 aliphatic rings. The average molecular weight is 495 g/mol. The minimum atomic E-state index is -0.350. The number of benzene rings is 1. The van der Waals surface area contributed by atoms with Crippen LogP contribution >= 0.6 is 24.0 Å². The second-order valence-electron chi connectivity index (χ2n) is 6.37. The van der Waals surface area contributed by atoms with Gasteiger partial charge in [-0.1, -0.05) is 12.1 Å². The van der Waals surface area contributed by atoms with Crippen molar-refractivity contribution in [2.24, 2.45) is 4.99 Å². The third kappa shape index (κ3) is 7.42. The molecule has 0 aromatic heterocycles. The van der Waals surface area contributed by atoms with Gasteiger partial charge in [0.25, 0.3) is 0 Å². The van der Waals surface area contributed by atoms with Crippen LogP contribution in [0.25, 0.3) is 0 Å². The van der Waals surface area contributed by atoms with Gasteiger partial charge >= 0.3 is 0 Å². The van der Waals surface area contributed by atoms with Crippen LogP contribution in [0.2, 0.25) is 0 Å². The van der Waals surface area contributed by atoms with Crippen molar-refractivity contribution in [2.75, 3.05) is 53.6 Å². The summed E-state index contributed by atoms with van der Waals surface area (Å²) >= 11 is 0. The van der Waals surface area contributed by atoms with Crippen molar-refractivity contribution >= 4 is 29.9 Å². The lowest BCUT2D eigenvalue weighted by Gasteiger charge is -2.35. The van der Waals surface area contributed by atoms with Crippen molar-refractivity contribution in [1.82, 2.24) is 10.2 Å². The lowest BCUT2D eigenvalue weighted by molar-refractivity contribution is -0.0829. The molecule has 1 heterocycles. The number of hydrogen-bond donors (Lipinski definition) is 1. The molecule has 0 unspecified atom stereocenters. The SMILES string of the molecule is CCNC(=NCC1(OC)CCOCC1)N(C)CCOc1ccccc1F.I. The van der Waals surface area contributed by atoms with E-state index in [4.69, 9.17) is 19.2 Å². The molecule has 1 saturated heterocycles. The molecule has 1 aliphatic heterocycles. The number of rotatable bonds is 8. The fourth-order valence-corrected chi connectivity index (χ4v) is 2.82. The lowest BCUT2D eigenvalue weighted by atomic mass is 9.94. The number of halogens is 2. The van der Waals surface area contributed by atoms with Gasteiger partial charge in [-0.3, -0.25) is 4.99 Å². The number of nitrogens with zero attached hydrogens (tertiary/aromatic N) is 2. The molecule has 0 bridgehead atoms. The van der Waals surface area contributed by atoms with Crippen molar-refractivity contribution in [1.29, 1.82) is 0 Å². The van der Waals surface area contributed by atoms with E-state index in [-0.39, 0.29) is 41.1 Å². The van der Waals surface area contributed by atoms with Gasteiger partial charge in [-0.05, 0) is 19.1 Å². The van der Waals surface area contributed by atoms with Gasteiger partial charge in [0.05, 0.1) is 18.7 Å². The van der Waals surface area contributed by atoms with Crippen LogP contribution in [0.1, 0.15) is 19.8 Å². The van der Waals surface area contributed by atoms with Crippen molar-refractivity contribution in [3.05, 3.63) is 30.1 Å². The van der Waals surface area contributed by atoms with E-state index in [2.05, 4.69) is 5.32 Å². The van der Waals surface area contributed by atoms with Crippen molar-refractivity contribution in [2.45, 2.75) is 25.4 Å². The van der Waals surface area contributed by atoms with Gasteiger partial charge in [-0.25, -0.2) is 4.39 Å². The Labute approximate surface area is 178 Å². The van der Waals surface area contributed by atoms with Crippen LogP contribution in [-0.2, 0) is 9.47 Å². The second-order valence-corrected chi connectivity index (χ2v) is 6.37. The van der Waals surface area contributed by atoms with E-state index in [1.54, 1.807) is 25.3 Å². The van der Waals surface area contributed by atoms with Gasteiger partial charge in [0.1, 0.15) is 6.61 Å². The van der Waals surface area contributed by atoms with Crippen LogP contribution < -0.4 is 10.1 Å². The summed E-state index contributed by atoms with van der Waals surface area (Å²) in [6.07, 6.45) is 1.68. The molecule has 1 N–H and O–H groups in total. The zero-order valence-corrected chi connectivity index (χ0v) is 18.7. The maximum atomic E-state index is 13.6. The molecular formula is C19H31FIN3O3. The number of methoxy groups -OCH3 is 1. The third-order valence-electron chi connectivity index (χ3n) is 4.57. The average Bonchev–Trinajstić information content (AvgIpc) is 2.67. The van der Waals surface area contributed by atoms with Crippen LogP contribution in [0.15, 0.2) is 29.3 Å².